The predicted molar refractivity (Wildman–Crippen MR) is 80.2 cm³/mol. The Balaban J connectivity index is 2.14. The van der Waals surface area contributed by atoms with Gasteiger partial charge >= 0.3 is 12.0 Å². The minimum absolute atomic E-state index is 0.149. The highest BCUT2D eigenvalue weighted by Crippen LogP contribution is 2.26. The van der Waals surface area contributed by atoms with Gasteiger partial charge in [-0.05, 0) is 19.1 Å². The minimum Gasteiger partial charge on any atom is -0.463 e. The molecule has 1 aliphatic heterocycles. The molecule has 1 aliphatic rings. The average molecular weight is 328 g/mol. The number of esters is 1. The van der Waals surface area contributed by atoms with Crippen LogP contribution in [0.2, 0.25) is 5.02 Å². The van der Waals surface area contributed by atoms with Crippen LogP contribution in [0, 0.1) is 0 Å². The Kier molecular flexibility index (Phi) is 5.46. The molecule has 2 N–H and O–H groups in total. The van der Waals surface area contributed by atoms with Crippen molar-refractivity contribution in [2.24, 2.45) is 0 Å². The number of amides is 2. The number of hydrogen-bond donors (Lipinski definition) is 2. The van der Waals surface area contributed by atoms with Gasteiger partial charge in [0, 0.05) is 17.6 Å². The van der Waals surface area contributed by atoms with Gasteiger partial charge in [0.15, 0.2) is 0 Å². The number of nitrogens with zero attached hydrogens (tertiary/aromatic N) is 1. The van der Waals surface area contributed by atoms with Crippen molar-refractivity contribution < 1.29 is 14.3 Å². The second kappa shape index (κ2) is 7.33. The fraction of sp³-hybridized carbons (Fsp3) is 0.308. The Morgan fingerprint density at radius 2 is 2.38 bits per heavy atom. The molecule has 6 nitrogen and oxygen atoms in total. The number of ether oxygens (including phenoxy) is 1. The molecule has 0 atom stereocenters. The van der Waals surface area contributed by atoms with Crippen molar-refractivity contribution in [1.29, 1.82) is 0 Å². The van der Waals surface area contributed by atoms with E-state index < -0.39 is 5.97 Å². The zero-order chi connectivity index (χ0) is 15.2. The van der Waals surface area contributed by atoms with E-state index in [0.717, 1.165) is 0 Å². The Labute approximate surface area is 131 Å². The van der Waals surface area contributed by atoms with Crippen LogP contribution < -0.4 is 10.6 Å². The summed E-state index contributed by atoms with van der Waals surface area (Å²) in [6.45, 7) is 2.16. The summed E-state index contributed by atoms with van der Waals surface area (Å²) in [6.07, 6.45) is 1.63. The number of pyridine rings is 1. The Bertz CT molecular complexity index is 592. The van der Waals surface area contributed by atoms with Crippen molar-refractivity contribution in [2.75, 3.05) is 18.9 Å². The van der Waals surface area contributed by atoms with Crippen LogP contribution >= 0.6 is 23.4 Å². The van der Waals surface area contributed by atoms with Crippen LogP contribution in [-0.2, 0) is 9.53 Å². The van der Waals surface area contributed by atoms with Crippen LogP contribution in [0.3, 0.4) is 0 Å². The number of rotatable bonds is 5. The molecule has 0 fully saturated rings. The third kappa shape index (κ3) is 4.12. The van der Waals surface area contributed by atoms with Crippen LogP contribution in [0.4, 0.5) is 4.79 Å². The van der Waals surface area contributed by atoms with Gasteiger partial charge in [-0.15, -0.1) is 0 Å². The van der Waals surface area contributed by atoms with Crippen molar-refractivity contribution in [3.8, 4) is 0 Å². The minimum atomic E-state index is -0.437. The summed E-state index contributed by atoms with van der Waals surface area (Å²) in [5.74, 6) is -0.0640. The summed E-state index contributed by atoms with van der Waals surface area (Å²) in [7, 11) is 0. The van der Waals surface area contributed by atoms with E-state index >= 15 is 0 Å². The molecule has 0 bridgehead atoms. The van der Waals surface area contributed by atoms with Gasteiger partial charge in [-0.2, -0.15) is 0 Å². The highest BCUT2D eigenvalue weighted by molar-refractivity contribution is 7.99. The monoisotopic (exact) mass is 327 g/mol. The molecule has 8 heteroatoms. The van der Waals surface area contributed by atoms with Gasteiger partial charge in [0.2, 0.25) is 0 Å². The molecule has 1 aromatic heterocycles. The van der Waals surface area contributed by atoms with Crippen LogP contribution in [0.1, 0.15) is 6.92 Å². The quantitative estimate of drug-likeness (QED) is 0.638. The van der Waals surface area contributed by atoms with Gasteiger partial charge in [-0.3, -0.25) is 0 Å². The van der Waals surface area contributed by atoms with E-state index in [1.165, 1.54) is 11.8 Å². The average Bonchev–Trinajstić information content (AvgIpc) is 2.46. The summed E-state index contributed by atoms with van der Waals surface area (Å²) in [6, 6.07) is 3.13. The van der Waals surface area contributed by atoms with Gasteiger partial charge < -0.3 is 15.4 Å². The molecule has 0 saturated heterocycles. The predicted octanol–water partition coefficient (Wildman–Crippen LogP) is 1.96. The molecule has 0 spiro atoms. The van der Waals surface area contributed by atoms with Crippen molar-refractivity contribution >= 4 is 35.4 Å². The molecule has 2 rings (SSSR count). The highest BCUT2D eigenvalue weighted by Gasteiger charge is 2.23. The molecule has 0 unspecified atom stereocenters. The first-order chi connectivity index (χ1) is 10.1. The molecule has 21 heavy (non-hydrogen) atoms. The maximum absolute atomic E-state index is 11.9. The van der Waals surface area contributed by atoms with Gasteiger partial charge in [-0.25, -0.2) is 14.6 Å². The first-order valence-corrected chi connectivity index (χ1v) is 7.65. The topological polar surface area (TPSA) is 80.3 Å². The van der Waals surface area contributed by atoms with E-state index in [2.05, 4.69) is 15.6 Å². The lowest BCUT2D eigenvalue weighted by Crippen LogP contribution is -2.44. The fourth-order valence-corrected chi connectivity index (χ4v) is 2.84. The van der Waals surface area contributed by atoms with E-state index in [-0.39, 0.29) is 19.2 Å². The second-order valence-corrected chi connectivity index (χ2v) is 5.44. The Morgan fingerprint density at radius 3 is 3.10 bits per heavy atom. The van der Waals surface area contributed by atoms with Crippen molar-refractivity contribution in [2.45, 2.75) is 11.9 Å². The molecule has 0 aromatic carbocycles. The molecule has 112 valence electrons. The highest BCUT2D eigenvalue weighted by atomic mass is 35.5. The number of halogens is 1. The number of carbonyl (C=O) groups excluding carboxylic acids is 2. The number of aromatic nitrogens is 1. The standard InChI is InChI=1S/C13H14ClN3O3S/c1-2-20-12(18)8-6-16-13(19)17-10(8)7-21-11-9(14)4-3-5-15-11/h3-5H,2,6-7H2,1H3,(H2,16,17,19). The van der Waals surface area contributed by atoms with E-state index in [4.69, 9.17) is 16.3 Å². The maximum Gasteiger partial charge on any atom is 0.337 e. The number of hydrogen-bond acceptors (Lipinski definition) is 5. The largest absolute Gasteiger partial charge is 0.463 e. The zero-order valence-electron chi connectivity index (χ0n) is 11.3. The lowest BCUT2D eigenvalue weighted by Gasteiger charge is -2.21. The SMILES string of the molecule is CCOC(=O)C1=C(CSc2ncccc2Cl)NC(=O)NC1. The third-order valence-electron chi connectivity index (χ3n) is 2.65. The van der Waals surface area contributed by atoms with Gasteiger partial charge in [0.25, 0.3) is 0 Å². The van der Waals surface area contributed by atoms with Crippen molar-refractivity contribution in [3.63, 3.8) is 0 Å². The molecular formula is C13H14ClN3O3S. The van der Waals surface area contributed by atoms with Crippen LogP contribution in [0.5, 0.6) is 0 Å². The van der Waals surface area contributed by atoms with Gasteiger partial charge in [0.05, 0.1) is 23.7 Å². The molecule has 0 saturated carbocycles. The third-order valence-corrected chi connectivity index (χ3v) is 4.10. The smallest absolute Gasteiger partial charge is 0.337 e. The first-order valence-electron chi connectivity index (χ1n) is 6.29. The van der Waals surface area contributed by atoms with Crippen LogP contribution in [0.25, 0.3) is 0 Å². The van der Waals surface area contributed by atoms with Crippen molar-refractivity contribution in [1.82, 2.24) is 15.6 Å². The number of urea groups is 1. The molecule has 0 aliphatic carbocycles. The number of carbonyl (C=O) groups is 2. The Hall–Kier alpha value is -1.73. The van der Waals surface area contributed by atoms with E-state index in [9.17, 15) is 9.59 Å². The molecule has 0 radical (unpaired) electrons. The fourth-order valence-electron chi connectivity index (χ4n) is 1.69. The normalized spacial score (nSPS) is 14.5. The molecule has 1 aromatic rings. The molecular weight excluding hydrogens is 314 g/mol. The maximum atomic E-state index is 11.9. The van der Waals surface area contributed by atoms with E-state index in [1.807, 2.05) is 0 Å². The molecule has 2 heterocycles. The van der Waals surface area contributed by atoms with Crippen LogP contribution in [-0.4, -0.2) is 35.9 Å². The lowest BCUT2D eigenvalue weighted by atomic mass is 10.2. The van der Waals surface area contributed by atoms with Crippen molar-refractivity contribution in [3.05, 3.63) is 34.6 Å². The van der Waals surface area contributed by atoms with E-state index in [1.54, 1.807) is 25.3 Å². The summed E-state index contributed by atoms with van der Waals surface area (Å²) in [5.41, 5.74) is 0.930. The molecule has 2 amide bonds. The summed E-state index contributed by atoms with van der Waals surface area (Å²) >= 11 is 7.37. The Morgan fingerprint density at radius 1 is 1.57 bits per heavy atom. The first kappa shape index (κ1) is 15.7. The van der Waals surface area contributed by atoms with E-state index in [0.29, 0.717) is 27.1 Å². The summed E-state index contributed by atoms with van der Waals surface area (Å²) in [5, 5.41) is 6.35. The summed E-state index contributed by atoms with van der Waals surface area (Å²) in [4.78, 5) is 27.4. The summed E-state index contributed by atoms with van der Waals surface area (Å²) < 4.78 is 4.98. The number of nitrogens with one attached hydrogen (secondary N) is 2. The number of thioether (sulfide) groups is 1. The van der Waals surface area contributed by atoms with Crippen LogP contribution in [0.15, 0.2) is 34.6 Å². The lowest BCUT2D eigenvalue weighted by molar-refractivity contribution is -0.138. The van der Waals surface area contributed by atoms with Gasteiger partial charge in [-0.1, -0.05) is 23.4 Å². The zero-order valence-corrected chi connectivity index (χ0v) is 12.9. The second-order valence-electron chi connectivity index (χ2n) is 4.06. The van der Waals surface area contributed by atoms with Gasteiger partial charge in [0.1, 0.15) is 5.03 Å².